The molecule has 2 aromatic rings. The number of carbonyl (C=O) groups is 1. The lowest BCUT2D eigenvalue weighted by Gasteiger charge is -2.09. The van der Waals surface area contributed by atoms with Gasteiger partial charge >= 0.3 is 0 Å². The molecule has 0 saturated carbocycles. The van der Waals surface area contributed by atoms with Gasteiger partial charge in [0.25, 0.3) is 0 Å². The molecule has 0 radical (unpaired) electrons. The van der Waals surface area contributed by atoms with Gasteiger partial charge in [-0.1, -0.05) is 46.9 Å². The first kappa shape index (κ1) is 16.9. The van der Waals surface area contributed by atoms with Gasteiger partial charge in [-0.15, -0.1) is 0 Å². The summed E-state index contributed by atoms with van der Waals surface area (Å²) in [5, 5.41) is 7.58. The number of benzene rings is 2. The molecule has 6 heteroatoms. The van der Waals surface area contributed by atoms with E-state index in [4.69, 9.17) is 34.8 Å². The van der Waals surface area contributed by atoms with Crippen molar-refractivity contribution in [1.82, 2.24) is 5.32 Å². The minimum Gasteiger partial charge on any atom is -0.375 e. The summed E-state index contributed by atoms with van der Waals surface area (Å²) in [5.74, 6) is -0.113. The van der Waals surface area contributed by atoms with E-state index in [1.54, 1.807) is 18.2 Å². The van der Waals surface area contributed by atoms with E-state index >= 15 is 0 Å². The number of nitrogens with one attached hydrogen (secondary N) is 2. The van der Waals surface area contributed by atoms with Gasteiger partial charge in [0.15, 0.2) is 0 Å². The number of amides is 1. The minimum atomic E-state index is -0.113. The Morgan fingerprint density at radius 1 is 1.00 bits per heavy atom. The van der Waals surface area contributed by atoms with Crippen LogP contribution in [0.4, 0.5) is 5.69 Å². The Bertz CT molecular complexity index is 662. The second-order valence-electron chi connectivity index (χ2n) is 4.71. The third kappa shape index (κ3) is 5.41. The van der Waals surface area contributed by atoms with E-state index in [1.165, 1.54) is 0 Å². The van der Waals surface area contributed by atoms with E-state index < -0.39 is 0 Å². The lowest BCUT2D eigenvalue weighted by molar-refractivity contribution is -0.119. The van der Waals surface area contributed by atoms with Crippen LogP contribution in [0.1, 0.15) is 5.56 Å². The Morgan fingerprint density at radius 2 is 1.77 bits per heavy atom. The van der Waals surface area contributed by atoms with E-state index in [0.29, 0.717) is 27.3 Å². The van der Waals surface area contributed by atoms with E-state index in [9.17, 15) is 4.79 Å². The van der Waals surface area contributed by atoms with Crippen molar-refractivity contribution in [2.24, 2.45) is 0 Å². The molecule has 0 atom stereocenters. The summed E-state index contributed by atoms with van der Waals surface area (Å²) in [6, 6.07) is 12.6. The average Bonchev–Trinajstić information content (AvgIpc) is 2.48. The van der Waals surface area contributed by atoms with Gasteiger partial charge in [0.1, 0.15) is 0 Å². The highest BCUT2D eigenvalue weighted by atomic mass is 35.5. The zero-order chi connectivity index (χ0) is 15.9. The Balaban J connectivity index is 1.75. The number of carbonyl (C=O) groups excluding carboxylic acids is 1. The standard InChI is InChI=1S/C16H15Cl3N2O/c17-12-3-1-2-11(8-12)6-7-20-16(22)10-21-15-9-13(18)4-5-14(15)19/h1-5,8-9,21H,6-7,10H2,(H,20,22). The molecule has 0 spiro atoms. The van der Waals surface area contributed by atoms with Gasteiger partial charge in [-0.05, 0) is 42.3 Å². The number of hydrogen-bond donors (Lipinski definition) is 2. The molecule has 0 fully saturated rings. The fraction of sp³-hybridized carbons (Fsp3) is 0.188. The molecule has 0 aliphatic rings. The average molecular weight is 358 g/mol. The maximum Gasteiger partial charge on any atom is 0.239 e. The molecule has 2 rings (SSSR count). The molecule has 0 aliphatic heterocycles. The van der Waals surface area contributed by atoms with Crippen LogP contribution < -0.4 is 10.6 Å². The summed E-state index contributed by atoms with van der Waals surface area (Å²) in [6.07, 6.45) is 0.726. The van der Waals surface area contributed by atoms with Crippen molar-refractivity contribution in [3.05, 3.63) is 63.1 Å². The first-order chi connectivity index (χ1) is 10.5. The van der Waals surface area contributed by atoms with Gasteiger partial charge in [-0.2, -0.15) is 0 Å². The zero-order valence-corrected chi connectivity index (χ0v) is 14.0. The van der Waals surface area contributed by atoms with Crippen LogP contribution in [-0.4, -0.2) is 19.0 Å². The van der Waals surface area contributed by atoms with E-state index in [1.807, 2.05) is 24.3 Å². The predicted molar refractivity (Wildman–Crippen MR) is 93.1 cm³/mol. The molecule has 2 N–H and O–H groups in total. The minimum absolute atomic E-state index is 0.113. The zero-order valence-electron chi connectivity index (χ0n) is 11.7. The molecular weight excluding hydrogens is 343 g/mol. The summed E-state index contributed by atoms with van der Waals surface area (Å²) in [7, 11) is 0. The molecule has 2 aromatic carbocycles. The molecule has 116 valence electrons. The molecule has 0 bridgehead atoms. The van der Waals surface area contributed by atoms with Gasteiger partial charge in [0, 0.05) is 16.6 Å². The quantitative estimate of drug-likeness (QED) is 0.803. The number of rotatable bonds is 6. The van der Waals surface area contributed by atoms with Crippen molar-refractivity contribution < 1.29 is 4.79 Å². The van der Waals surface area contributed by atoms with Crippen molar-refractivity contribution in [1.29, 1.82) is 0 Å². The number of anilines is 1. The van der Waals surface area contributed by atoms with E-state index in [2.05, 4.69) is 10.6 Å². The number of hydrogen-bond acceptors (Lipinski definition) is 2. The first-order valence-corrected chi connectivity index (χ1v) is 7.88. The monoisotopic (exact) mass is 356 g/mol. The van der Waals surface area contributed by atoms with Crippen molar-refractivity contribution in [3.63, 3.8) is 0 Å². The van der Waals surface area contributed by atoms with Gasteiger partial charge in [-0.3, -0.25) is 4.79 Å². The molecule has 0 unspecified atom stereocenters. The van der Waals surface area contributed by atoms with Crippen LogP contribution in [0.25, 0.3) is 0 Å². The van der Waals surface area contributed by atoms with Crippen LogP contribution in [-0.2, 0) is 11.2 Å². The summed E-state index contributed by atoms with van der Waals surface area (Å²) in [6.45, 7) is 0.680. The molecule has 1 amide bonds. The fourth-order valence-electron chi connectivity index (χ4n) is 1.91. The Kier molecular flexibility index (Phi) is 6.37. The van der Waals surface area contributed by atoms with E-state index in [0.717, 1.165) is 12.0 Å². The lowest BCUT2D eigenvalue weighted by atomic mass is 10.1. The largest absolute Gasteiger partial charge is 0.375 e. The Hall–Kier alpha value is -1.42. The summed E-state index contributed by atoms with van der Waals surface area (Å²) >= 11 is 17.8. The van der Waals surface area contributed by atoms with Crippen LogP contribution >= 0.6 is 34.8 Å². The molecule has 22 heavy (non-hydrogen) atoms. The third-order valence-electron chi connectivity index (χ3n) is 2.99. The first-order valence-electron chi connectivity index (χ1n) is 6.74. The summed E-state index contributed by atoms with van der Waals surface area (Å²) in [4.78, 5) is 11.8. The van der Waals surface area contributed by atoms with Crippen LogP contribution in [0.15, 0.2) is 42.5 Å². The highest BCUT2D eigenvalue weighted by Gasteiger charge is 2.04. The van der Waals surface area contributed by atoms with Gasteiger partial charge in [-0.25, -0.2) is 0 Å². The smallest absolute Gasteiger partial charge is 0.239 e. The molecule has 0 aromatic heterocycles. The van der Waals surface area contributed by atoms with Crippen molar-refractivity contribution in [2.45, 2.75) is 6.42 Å². The normalized spacial score (nSPS) is 10.3. The predicted octanol–water partition coefficient (Wildman–Crippen LogP) is 4.42. The summed E-state index contributed by atoms with van der Waals surface area (Å²) < 4.78 is 0. The lowest BCUT2D eigenvalue weighted by Crippen LogP contribution is -2.31. The van der Waals surface area contributed by atoms with Crippen LogP contribution in [0.2, 0.25) is 15.1 Å². The maximum absolute atomic E-state index is 11.8. The Labute approximate surface area is 144 Å². The van der Waals surface area contributed by atoms with Crippen molar-refractivity contribution >= 4 is 46.4 Å². The van der Waals surface area contributed by atoms with Gasteiger partial charge in [0.05, 0.1) is 17.3 Å². The SMILES string of the molecule is O=C(CNc1cc(Cl)ccc1Cl)NCCc1cccc(Cl)c1. The highest BCUT2D eigenvalue weighted by molar-refractivity contribution is 6.35. The Morgan fingerprint density at radius 3 is 2.55 bits per heavy atom. The van der Waals surface area contributed by atoms with Gasteiger partial charge in [0.2, 0.25) is 5.91 Å². The van der Waals surface area contributed by atoms with Crippen LogP contribution in [0, 0.1) is 0 Å². The third-order valence-corrected chi connectivity index (χ3v) is 3.79. The molecular formula is C16H15Cl3N2O. The maximum atomic E-state index is 11.8. The van der Waals surface area contributed by atoms with Crippen LogP contribution in [0.3, 0.4) is 0 Å². The second-order valence-corrected chi connectivity index (χ2v) is 5.99. The fourth-order valence-corrected chi connectivity index (χ4v) is 2.48. The van der Waals surface area contributed by atoms with Gasteiger partial charge < -0.3 is 10.6 Å². The van der Waals surface area contributed by atoms with Crippen molar-refractivity contribution in [2.75, 3.05) is 18.4 Å². The molecule has 0 saturated heterocycles. The topological polar surface area (TPSA) is 41.1 Å². The van der Waals surface area contributed by atoms with E-state index in [-0.39, 0.29) is 12.5 Å². The number of halogens is 3. The molecule has 3 nitrogen and oxygen atoms in total. The summed E-state index contributed by atoms with van der Waals surface area (Å²) in [5.41, 5.74) is 1.72. The van der Waals surface area contributed by atoms with Crippen LogP contribution in [0.5, 0.6) is 0 Å². The molecule has 0 heterocycles. The molecule has 0 aliphatic carbocycles. The second kappa shape index (κ2) is 8.28. The van der Waals surface area contributed by atoms with Crippen molar-refractivity contribution in [3.8, 4) is 0 Å². The highest BCUT2D eigenvalue weighted by Crippen LogP contribution is 2.24.